The van der Waals surface area contributed by atoms with E-state index in [0.29, 0.717) is 5.76 Å². The van der Waals surface area contributed by atoms with Gasteiger partial charge < -0.3 is 10.2 Å². The molecule has 0 aliphatic heterocycles. The molecule has 0 saturated heterocycles. The monoisotopic (exact) mass is 408 g/mol. The Bertz CT molecular complexity index is 836. The Labute approximate surface area is 183 Å². The molecule has 0 spiro atoms. The van der Waals surface area contributed by atoms with Crippen LogP contribution in [0.2, 0.25) is 0 Å². The van der Waals surface area contributed by atoms with Gasteiger partial charge in [-0.05, 0) is 60.9 Å². The maximum atomic E-state index is 10.7. The molecule has 0 radical (unpaired) electrons. The predicted molar refractivity (Wildman–Crippen MR) is 130 cm³/mol. The lowest BCUT2D eigenvalue weighted by Gasteiger charge is -2.34. The van der Waals surface area contributed by atoms with Crippen LogP contribution in [0.3, 0.4) is 0 Å². The van der Waals surface area contributed by atoms with Gasteiger partial charge in [-0.15, -0.1) is 0 Å². The van der Waals surface area contributed by atoms with E-state index in [9.17, 15) is 10.2 Å². The molecule has 2 nitrogen and oxygen atoms in total. The van der Waals surface area contributed by atoms with Crippen molar-refractivity contribution in [2.75, 3.05) is 0 Å². The second-order valence-corrected chi connectivity index (χ2v) is 8.76. The van der Waals surface area contributed by atoms with Gasteiger partial charge in [-0.1, -0.05) is 89.6 Å². The van der Waals surface area contributed by atoms with E-state index in [4.69, 9.17) is 0 Å². The summed E-state index contributed by atoms with van der Waals surface area (Å²) in [7, 11) is 0. The van der Waals surface area contributed by atoms with Gasteiger partial charge in [0.1, 0.15) is 0 Å². The predicted octanol–water partition coefficient (Wildman–Crippen LogP) is 7.58. The minimum absolute atomic E-state index is 0.0415. The van der Waals surface area contributed by atoms with E-state index in [-0.39, 0.29) is 11.3 Å². The van der Waals surface area contributed by atoms with Gasteiger partial charge in [-0.2, -0.15) is 0 Å². The normalized spacial score (nSPS) is 19.4. The van der Waals surface area contributed by atoms with Crippen LogP contribution in [0.4, 0.5) is 0 Å². The van der Waals surface area contributed by atoms with Crippen LogP contribution in [0.5, 0.6) is 0 Å². The fraction of sp³-hybridized carbons (Fsp3) is 0.500. The molecule has 0 saturated carbocycles. The summed E-state index contributed by atoms with van der Waals surface area (Å²) in [6, 6.07) is 6.71. The third kappa shape index (κ3) is 5.16. The van der Waals surface area contributed by atoms with E-state index in [1.165, 1.54) is 16.7 Å². The lowest BCUT2D eigenvalue weighted by Crippen LogP contribution is -2.26. The van der Waals surface area contributed by atoms with Gasteiger partial charge >= 0.3 is 0 Å². The molecule has 2 rings (SSSR count). The summed E-state index contributed by atoms with van der Waals surface area (Å²) in [6.07, 6.45) is 16.7. The van der Waals surface area contributed by atoms with Crippen LogP contribution in [0, 0.1) is 12.8 Å². The van der Waals surface area contributed by atoms with Crippen molar-refractivity contribution >= 4 is 6.08 Å². The zero-order chi connectivity index (χ0) is 22.4. The van der Waals surface area contributed by atoms with Crippen LogP contribution in [-0.4, -0.2) is 15.8 Å². The quantitative estimate of drug-likeness (QED) is 0.442. The maximum Gasteiger partial charge on any atom is 0.0988 e. The number of aliphatic hydroxyl groups is 2. The van der Waals surface area contributed by atoms with E-state index in [1.807, 2.05) is 26.0 Å². The Balaban J connectivity index is 2.44. The molecule has 30 heavy (non-hydrogen) atoms. The summed E-state index contributed by atoms with van der Waals surface area (Å²) >= 11 is 0. The fourth-order valence-electron chi connectivity index (χ4n) is 4.50. The maximum absolute atomic E-state index is 10.7. The molecule has 1 aromatic carbocycles. The first-order valence-electron chi connectivity index (χ1n) is 11.6. The summed E-state index contributed by atoms with van der Waals surface area (Å²) in [5.41, 5.74) is 4.11. The molecule has 164 valence electrons. The number of allylic oxidation sites excluding steroid dienone is 5. The van der Waals surface area contributed by atoms with Crippen LogP contribution in [0.1, 0.15) is 83.4 Å². The smallest absolute Gasteiger partial charge is 0.0988 e. The SMILES string of the molecule is CCCC(O)(/C=C/c1ccc(C(CC)(CC)C2=CC=C(O)C(C)C=C2)cc1C)CC. The Hall–Kier alpha value is -2.06. The molecule has 2 heteroatoms. The molecule has 2 N–H and O–H groups in total. The van der Waals surface area contributed by atoms with Gasteiger partial charge in [0.2, 0.25) is 0 Å². The van der Waals surface area contributed by atoms with Gasteiger partial charge in [0.05, 0.1) is 11.4 Å². The molecule has 0 heterocycles. The van der Waals surface area contributed by atoms with Crippen LogP contribution < -0.4 is 0 Å². The van der Waals surface area contributed by atoms with Gasteiger partial charge in [-0.3, -0.25) is 0 Å². The minimum Gasteiger partial charge on any atom is -0.512 e. The third-order valence-electron chi connectivity index (χ3n) is 6.92. The van der Waals surface area contributed by atoms with Crippen molar-refractivity contribution in [3.8, 4) is 0 Å². The zero-order valence-corrected chi connectivity index (χ0v) is 19.7. The van der Waals surface area contributed by atoms with Crippen molar-refractivity contribution in [1.29, 1.82) is 0 Å². The van der Waals surface area contributed by atoms with Crippen molar-refractivity contribution < 1.29 is 10.2 Å². The molecule has 1 aliphatic rings. The Morgan fingerprint density at radius 2 is 1.73 bits per heavy atom. The van der Waals surface area contributed by atoms with Crippen molar-refractivity contribution in [1.82, 2.24) is 0 Å². The highest BCUT2D eigenvalue weighted by atomic mass is 16.3. The highest BCUT2D eigenvalue weighted by molar-refractivity contribution is 5.57. The highest BCUT2D eigenvalue weighted by Gasteiger charge is 2.32. The van der Waals surface area contributed by atoms with Gasteiger partial charge in [0, 0.05) is 11.3 Å². The van der Waals surface area contributed by atoms with E-state index in [0.717, 1.165) is 37.7 Å². The van der Waals surface area contributed by atoms with Crippen LogP contribution in [-0.2, 0) is 5.41 Å². The van der Waals surface area contributed by atoms with Gasteiger partial charge in [0.25, 0.3) is 0 Å². The third-order valence-corrected chi connectivity index (χ3v) is 6.92. The fourth-order valence-corrected chi connectivity index (χ4v) is 4.50. The molecule has 2 atom stereocenters. The number of aliphatic hydroxyl groups excluding tert-OH is 1. The van der Waals surface area contributed by atoms with Gasteiger partial charge in [-0.25, -0.2) is 0 Å². The zero-order valence-electron chi connectivity index (χ0n) is 19.7. The summed E-state index contributed by atoms with van der Waals surface area (Å²) in [4.78, 5) is 0. The van der Waals surface area contributed by atoms with E-state index >= 15 is 0 Å². The van der Waals surface area contributed by atoms with Crippen LogP contribution in [0.25, 0.3) is 6.08 Å². The summed E-state index contributed by atoms with van der Waals surface area (Å²) in [6.45, 7) is 12.8. The van der Waals surface area contributed by atoms with Gasteiger partial charge in [0.15, 0.2) is 0 Å². The van der Waals surface area contributed by atoms with Crippen molar-refractivity contribution in [3.05, 3.63) is 76.6 Å². The van der Waals surface area contributed by atoms with E-state index < -0.39 is 5.60 Å². The molecule has 0 amide bonds. The number of hydrogen-bond acceptors (Lipinski definition) is 2. The second kappa shape index (κ2) is 10.3. The first kappa shape index (κ1) is 24.2. The molecule has 1 aromatic rings. The number of hydrogen-bond donors (Lipinski definition) is 2. The molecule has 0 aromatic heterocycles. The summed E-state index contributed by atoms with van der Waals surface area (Å²) in [5, 5.41) is 20.9. The largest absolute Gasteiger partial charge is 0.512 e. The topological polar surface area (TPSA) is 40.5 Å². The highest BCUT2D eigenvalue weighted by Crippen LogP contribution is 2.41. The molecular formula is C28H40O2. The Kier molecular flexibility index (Phi) is 8.32. The van der Waals surface area contributed by atoms with Crippen molar-refractivity contribution in [2.24, 2.45) is 5.92 Å². The number of benzene rings is 1. The standard InChI is InChI=1S/C28H40O2/c1-7-18-27(30,8-2)19-17-23-12-14-25(20-22(23)6)28(9-3,10-4)24-13-11-21(5)26(29)16-15-24/h11-17,19-21,29-30H,7-10,18H2,1-6H3/b19-17+. The first-order chi connectivity index (χ1) is 14.2. The molecule has 2 unspecified atom stereocenters. The molecular weight excluding hydrogens is 368 g/mol. The van der Waals surface area contributed by atoms with E-state index in [1.54, 1.807) is 0 Å². The average molecular weight is 409 g/mol. The number of aryl methyl sites for hydroxylation is 1. The summed E-state index contributed by atoms with van der Waals surface area (Å²) < 4.78 is 0. The minimum atomic E-state index is -0.725. The molecule has 0 fully saturated rings. The lowest BCUT2D eigenvalue weighted by atomic mass is 9.69. The summed E-state index contributed by atoms with van der Waals surface area (Å²) in [5.74, 6) is 0.453. The van der Waals surface area contributed by atoms with Crippen molar-refractivity contribution in [2.45, 2.75) is 84.7 Å². The first-order valence-corrected chi connectivity index (χ1v) is 11.6. The van der Waals surface area contributed by atoms with Crippen LogP contribution in [0.15, 0.2) is 59.9 Å². The van der Waals surface area contributed by atoms with E-state index in [2.05, 4.69) is 70.2 Å². The van der Waals surface area contributed by atoms with Crippen molar-refractivity contribution in [3.63, 3.8) is 0 Å². The van der Waals surface area contributed by atoms with Crippen LogP contribution >= 0.6 is 0 Å². The molecule has 0 bridgehead atoms. The second-order valence-electron chi connectivity index (χ2n) is 8.76. The lowest BCUT2D eigenvalue weighted by molar-refractivity contribution is 0.0775. The average Bonchev–Trinajstić information content (AvgIpc) is 2.91. The molecule has 1 aliphatic carbocycles. The number of rotatable bonds is 9. The Morgan fingerprint density at radius 1 is 1.03 bits per heavy atom. The Morgan fingerprint density at radius 3 is 2.30 bits per heavy atom.